The number of thiazole rings is 1. The summed E-state index contributed by atoms with van der Waals surface area (Å²) in [6.45, 7) is 0.669. The molecular weight excluding hydrogens is 500 g/mol. The molecule has 2 heterocycles. The number of aromatic nitrogens is 1. The van der Waals surface area contributed by atoms with Crippen LogP contribution in [0.15, 0.2) is 70.7 Å². The highest BCUT2D eigenvalue weighted by atomic mass is 32.2. The average Bonchev–Trinajstić information content (AvgIpc) is 3.52. The molecule has 0 aliphatic carbocycles. The molecule has 0 saturated carbocycles. The molecule has 0 aliphatic rings. The molecule has 0 saturated heterocycles. The van der Waals surface area contributed by atoms with Crippen LogP contribution >= 0.6 is 11.3 Å². The van der Waals surface area contributed by atoms with Crippen molar-refractivity contribution in [1.82, 2.24) is 18.9 Å². The molecule has 0 aliphatic heterocycles. The average molecular weight is 527 g/mol. The van der Waals surface area contributed by atoms with Crippen LogP contribution in [0.3, 0.4) is 0 Å². The number of benzene rings is 2. The van der Waals surface area contributed by atoms with Gasteiger partial charge in [-0.2, -0.15) is 12.7 Å². The summed E-state index contributed by atoms with van der Waals surface area (Å²) in [5.41, 5.74) is 2.39. The maximum Gasteiger partial charge on any atom is 0.303 e. The van der Waals surface area contributed by atoms with E-state index in [1.807, 2.05) is 35.1 Å². The first-order chi connectivity index (χ1) is 17.2. The molecule has 0 unspecified atom stereocenters. The highest BCUT2D eigenvalue weighted by molar-refractivity contribution is 7.87. The lowest BCUT2D eigenvalue weighted by molar-refractivity contribution is 0.0741. The Bertz CT molecular complexity index is 1460. The van der Waals surface area contributed by atoms with Gasteiger partial charge in [0.1, 0.15) is 16.3 Å². The largest absolute Gasteiger partial charge is 0.464 e. The summed E-state index contributed by atoms with van der Waals surface area (Å²) in [4.78, 5) is 31.8. The summed E-state index contributed by atoms with van der Waals surface area (Å²) in [6, 6.07) is 17.1. The Morgan fingerprint density at radius 2 is 1.86 bits per heavy atom. The number of amides is 2. The van der Waals surface area contributed by atoms with Crippen molar-refractivity contribution in [1.29, 1.82) is 0 Å². The van der Waals surface area contributed by atoms with Crippen molar-refractivity contribution in [2.24, 2.45) is 0 Å². The van der Waals surface area contributed by atoms with Crippen LogP contribution in [0.4, 0.5) is 0 Å². The molecular formula is C25H26N4O5S2. The first kappa shape index (κ1) is 25.5. The number of hydrogen-bond acceptors (Lipinski definition) is 7. The van der Waals surface area contributed by atoms with E-state index in [0.29, 0.717) is 22.7 Å². The van der Waals surface area contributed by atoms with Crippen molar-refractivity contribution in [3.8, 4) is 0 Å². The van der Waals surface area contributed by atoms with Crippen LogP contribution in [0.5, 0.6) is 0 Å². The maximum atomic E-state index is 13.5. The summed E-state index contributed by atoms with van der Waals surface area (Å²) in [5.74, 6) is -0.985. The van der Waals surface area contributed by atoms with E-state index in [0.717, 1.165) is 22.5 Å². The summed E-state index contributed by atoms with van der Waals surface area (Å²) >= 11 is 1.20. The Balaban J connectivity index is 1.51. The van der Waals surface area contributed by atoms with Gasteiger partial charge >= 0.3 is 10.2 Å². The molecule has 9 nitrogen and oxygen atoms in total. The van der Waals surface area contributed by atoms with Gasteiger partial charge in [-0.1, -0.05) is 30.3 Å². The zero-order chi connectivity index (χ0) is 25.7. The van der Waals surface area contributed by atoms with Gasteiger partial charge in [-0.15, -0.1) is 11.3 Å². The van der Waals surface area contributed by atoms with Crippen molar-refractivity contribution in [2.75, 3.05) is 20.6 Å². The minimum absolute atomic E-state index is 0.0167. The fraction of sp³-hybridized carbons (Fsp3) is 0.240. The molecule has 2 aromatic carbocycles. The summed E-state index contributed by atoms with van der Waals surface area (Å²) in [5, 5.41) is 2.85. The van der Waals surface area contributed by atoms with Gasteiger partial charge in [0.05, 0.1) is 12.8 Å². The second-order valence-corrected chi connectivity index (χ2v) is 11.2. The van der Waals surface area contributed by atoms with Gasteiger partial charge in [-0.05, 0) is 42.7 Å². The topological polar surface area (TPSA) is 113 Å². The number of furan rings is 1. The standard InChI is InChI=1S/C25H26N4O5S2/c1-28(2)36(32,33)27-24(30)21-17-35-23(26-21)16-29(13-6-9-18-7-4-3-5-8-18)25(31)20-10-11-22-19(15-20)12-14-34-22/h3-5,7-8,10-12,14-15,17H,6,9,13,16H2,1-2H3,(H,27,30). The Labute approximate surface area is 213 Å². The minimum Gasteiger partial charge on any atom is -0.464 e. The molecule has 36 heavy (non-hydrogen) atoms. The van der Waals surface area contributed by atoms with E-state index in [1.165, 1.54) is 36.4 Å². The van der Waals surface area contributed by atoms with Gasteiger partial charge in [-0.3, -0.25) is 9.59 Å². The number of carbonyl (C=O) groups is 2. The predicted molar refractivity (Wildman–Crippen MR) is 138 cm³/mol. The minimum atomic E-state index is -3.93. The summed E-state index contributed by atoms with van der Waals surface area (Å²) in [6.07, 6.45) is 3.12. The number of rotatable bonds is 10. The molecule has 2 amide bonds. The lowest BCUT2D eigenvalue weighted by atomic mass is 10.1. The van der Waals surface area contributed by atoms with Crippen molar-refractivity contribution < 1.29 is 22.4 Å². The Morgan fingerprint density at radius 1 is 1.08 bits per heavy atom. The molecule has 4 rings (SSSR count). The Hall–Kier alpha value is -3.54. The fourth-order valence-electron chi connectivity index (χ4n) is 3.57. The third-order valence-electron chi connectivity index (χ3n) is 5.54. The molecule has 4 aromatic rings. The second kappa shape index (κ2) is 11.0. The van der Waals surface area contributed by atoms with Crippen LogP contribution in [0.2, 0.25) is 0 Å². The van der Waals surface area contributed by atoms with Crippen molar-refractivity contribution in [2.45, 2.75) is 19.4 Å². The molecule has 0 radical (unpaired) electrons. The number of aryl methyl sites for hydroxylation is 1. The van der Waals surface area contributed by atoms with E-state index in [9.17, 15) is 18.0 Å². The van der Waals surface area contributed by atoms with E-state index in [1.54, 1.807) is 35.4 Å². The van der Waals surface area contributed by atoms with E-state index >= 15 is 0 Å². The lowest BCUT2D eigenvalue weighted by Gasteiger charge is -2.22. The highest BCUT2D eigenvalue weighted by Crippen LogP contribution is 2.20. The van der Waals surface area contributed by atoms with Gasteiger partial charge in [0, 0.05) is 37.0 Å². The third kappa shape index (κ3) is 6.17. The molecule has 0 spiro atoms. The van der Waals surface area contributed by atoms with Crippen LogP contribution in [-0.4, -0.2) is 55.1 Å². The number of nitrogens with one attached hydrogen (secondary N) is 1. The normalized spacial score (nSPS) is 11.6. The SMILES string of the molecule is CN(C)S(=O)(=O)NC(=O)c1csc(CN(CCCc2ccccc2)C(=O)c2ccc3occc3c2)n1. The van der Waals surface area contributed by atoms with Crippen LogP contribution in [0.25, 0.3) is 11.0 Å². The summed E-state index contributed by atoms with van der Waals surface area (Å²) < 4.78 is 32.2. The maximum absolute atomic E-state index is 13.5. The molecule has 0 fully saturated rings. The van der Waals surface area contributed by atoms with Gasteiger partial charge in [0.2, 0.25) is 0 Å². The molecule has 11 heteroatoms. The van der Waals surface area contributed by atoms with Gasteiger partial charge in [0.25, 0.3) is 11.8 Å². The van der Waals surface area contributed by atoms with Crippen LogP contribution < -0.4 is 4.72 Å². The summed E-state index contributed by atoms with van der Waals surface area (Å²) in [7, 11) is -1.29. The molecule has 2 aromatic heterocycles. The Kier molecular flexibility index (Phi) is 7.82. The number of hydrogen-bond donors (Lipinski definition) is 1. The van der Waals surface area contributed by atoms with Crippen LogP contribution in [0.1, 0.15) is 37.8 Å². The van der Waals surface area contributed by atoms with Crippen molar-refractivity contribution >= 4 is 44.3 Å². The third-order valence-corrected chi connectivity index (χ3v) is 7.77. The van der Waals surface area contributed by atoms with E-state index in [-0.39, 0.29) is 18.1 Å². The van der Waals surface area contributed by atoms with Crippen LogP contribution in [0, 0.1) is 0 Å². The monoisotopic (exact) mass is 526 g/mol. The molecule has 0 bridgehead atoms. The van der Waals surface area contributed by atoms with E-state index in [4.69, 9.17) is 4.42 Å². The van der Waals surface area contributed by atoms with Gasteiger partial charge in [-0.25, -0.2) is 9.71 Å². The van der Waals surface area contributed by atoms with Crippen LogP contribution in [-0.2, 0) is 23.2 Å². The van der Waals surface area contributed by atoms with E-state index in [2.05, 4.69) is 4.98 Å². The zero-order valence-electron chi connectivity index (χ0n) is 19.9. The lowest BCUT2D eigenvalue weighted by Crippen LogP contribution is -2.39. The van der Waals surface area contributed by atoms with Crippen molar-refractivity contribution in [3.63, 3.8) is 0 Å². The Morgan fingerprint density at radius 3 is 2.61 bits per heavy atom. The molecule has 1 N–H and O–H groups in total. The van der Waals surface area contributed by atoms with Gasteiger partial charge in [0.15, 0.2) is 0 Å². The predicted octanol–water partition coefficient (Wildman–Crippen LogP) is 3.70. The number of nitrogens with zero attached hydrogens (tertiary/aromatic N) is 3. The van der Waals surface area contributed by atoms with Crippen molar-refractivity contribution in [3.05, 3.63) is 88.1 Å². The molecule has 188 valence electrons. The molecule has 0 atom stereocenters. The van der Waals surface area contributed by atoms with E-state index < -0.39 is 16.1 Å². The number of carbonyl (C=O) groups excluding carboxylic acids is 2. The quantitative estimate of drug-likeness (QED) is 0.337. The number of fused-ring (bicyclic) bond motifs is 1. The first-order valence-corrected chi connectivity index (χ1v) is 13.5. The van der Waals surface area contributed by atoms with Gasteiger partial charge < -0.3 is 9.32 Å². The first-order valence-electron chi connectivity index (χ1n) is 11.2. The second-order valence-electron chi connectivity index (χ2n) is 8.33. The highest BCUT2D eigenvalue weighted by Gasteiger charge is 2.22. The fourth-order valence-corrected chi connectivity index (χ4v) is 4.88. The zero-order valence-corrected chi connectivity index (χ0v) is 21.5. The smallest absolute Gasteiger partial charge is 0.303 e.